The zero-order valence-electron chi connectivity index (χ0n) is 20.0. The van der Waals surface area contributed by atoms with Gasteiger partial charge in [0.1, 0.15) is 16.9 Å². The first-order chi connectivity index (χ1) is 16.7. The Labute approximate surface area is 201 Å². The molecular weight excluding hydrogens is 452 g/mol. The standard InChI is InChI=1S/C24H29F2N9/c1-13(2)35-14(3)28-18-7-6-17(29-22(18)35)16-8-11-34-20(16)21(27)31-23(32-34)30-19-9-10-33(15-4-5-15)12-24(19,25)26/h6-8,11,13,15,19H,4-5,9-10,12H2,1-3H3,(H3,27,30,31,32)/t19-/m1/s1. The Morgan fingerprint density at radius 1 is 1.11 bits per heavy atom. The summed E-state index contributed by atoms with van der Waals surface area (Å²) in [6.07, 6.45) is 4.11. The highest BCUT2D eigenvalue weighted by atomic mass is 19.3. The maximum atomic E-state index is 14.8. The van der Waals surface area contributed by atoms with Crippen LogP contribution < -0.4 is 11.1 Å². The number of rotatable bonds is 5. The summed E-state index contributed by atoms with van der Waals surface area (Å²) in [5.74, 6) is -1.66. The molecule has 11 heteroatoms. The lowest BCUT2D eigenvalue weighted by molar-refractivity contribution is -0.0761. The number of nitrogens with two attached hydrogens (primary N) is 1. The molecule has 1 aliphatic carbocycles. The van der Waals surface area contributed by atoms with Crippen LogP contribution in [-0.2, 0) is 0 Å². The molecule has 0 radical (unpaired) electrons. The fourth-order valence-electron chi connectivity index (χ4n) is 5.23. The van der Waals surface area contributed by atoms with Gasteiger partial charge in [0.05, 0.1) is 18.3 Å². The average molecular weight is 482 g/mol. The van der Waals surface area contributed by atoms with Gasteiger partial charge in [-0.15, -0.1) is 5.10 Å². The number of piperidine rings is 1. The molecule has 0 bridgehead atoms. The number of aryl methyl sites for hydroxylation is 1. The third kappa shape index (κ3) is 3.78. The van der Waals surface area contributed by atoms with E-state index in [1.165, 1.54) is 0 Å². The van der Waals surface area contributed by atoms with Crippen molar-refractivity contribution in [2.45, 2.75) is 64.1 Å². The van der Waals surface area contributed by atoms with Crippen molar-refractivity contribution in [3.63, 3.8) is 0 Å². The van der Waals surface area contributed by atoms with Crippen LogP contribution in [0.1, 0.15) is 45.0 Å². The van der Waals surface area contributed by atoms with Crippen molar-refractivity contribution >= 4 is 28.4 Å². The summed E-state index contributed by atoms with van der Waals surface area (Å²) in [5.41, 5.74) is 10.0. The van der Waals surface area contributed by atoms with Crippen molar-refractivity contribution in [1.82, 2.24) is 34.0 Å². The largest absolute Gasteiger partial charge is 0.382 e. The molecule has 4 aromatic rings. The van der Waals surface area contributed by atoms with E-state index in [2.05, 4.69) is 38.8 Å². The van der Waals surface area contributed by atoms with Crippen LogP contribution in [0.5, 0.6) is 0 Å². The number of nitrogens with zero attached hydrogens (tertiary/aromatic N) is 7. The lowest BCUT2D eigenvalue weighted by Crippen LogP contribution is -2.55. The molecule has 9 nitrogen and oxygen atoms in total. The average Bonchev–Trinajstić information content (AvgIpc) is 3.46. The van der Waals surface area contributed by atoms with Crippen LogP contribution in [0.4, 0.5) is 20.5 Å². The molecule has 0 spiro atoms. The first-order valence-corrected chi connectivity index (χ1v) is 12.1. The molecule has 0 aromatic carbocycles. The van der Waals surface area contributed by atoms with Gasteiger partial charge in [0.15, 0.2) is 11.5 Å². The van der Waals surface area contributed by atoms with Gasteiger partial charge in [-0.1, -0.05) is 0 Å². The van der Waals surface area contributed by atoms with E-state index in [4.69, 9.17) is 10.7 Å². The SMILES string of the molecule is Cc1nc2ccc(-c3ccn4nc(N[C@@H]5CCN(C6CC6)CC5(F)F)nc(N)c34)nc2n1C(C)C. The Morgan fingerprint density at radius 3 is 2.63 bits per heavy atom. The number of aromatic nitrogens is 6. The number of imidazole rings is 1. The van der Waals surface area contributed by atoms with E-state index >= 15 is 0 Å². The fourth-order valence-corrected chi connectivity index (χ4v) is 5.23. The molecule has 35 heavy (non-hydrogen) atoms. The molecule has 5 heterocycles. The number of fused-ring (bicyclic) bond motifs is 2. The van der Waals surface area contributed by atoms with E-state index in [9.17, 15) is 8.78 Å². The van der Waals surface area contributed by atoms with Crippen LogP contribution in [0.3, 0.4) is 0 Å². The van der Waals surface area contributed by atoms with Crippen molar-refractivity contribution < 1.29 is 8.78 Å². The maximum Gasteiger partial charge on any atom is 0.280 e. The van der Waals surface area contributed by atoms with Crippen molar-refractivity contribution in [3.8, 4) is 11.3 Å². The minimum absolute atomic E-state index is 0.0959. The Hall–Kier alpha value is -3.34. The molecule has 1 saturated carbocycles. The minimum atomic E-state index is -2.87. The predicted molar refractivity (Wildman–Crippen MR) is 131 cm³/mol. The summed E-state index contributed by atoms with van der Waals surface area (Å²) in [6.45, 7) is 6.56. The third-order valence-electron chi connectivity index (χ3n) is 7.04. The minimum Gasteiger partial charge on any atom is -0.382 e. The van der Waals surface area contributed by atoms with E-state index in [1.807, 2.05) is 30.0 Å². The number of nitrogen functional groups attached to an aromatic ring is 1. The number of hydrogen-bond donors (Lipinski definition) is 2. The molecule has 2 aliphatic rings. The summed E-state index contributed by atoms with van der Waals surface area (Å²) >= 11 is 0. The van der Waals surface area contributed by atoms with Gasteiger partial charge in [-0.2, -0.15) is 4.98 Å². The van der Waals surface area contributed by atoms with E-state index in [-0.39, 0.29) is 24.4 Å². The zero-order valence-corrected chi connectivity index (χ0v) is 20.0. The molecule has 4 aromatic heterocycles. The maximum absolute atomic E-state index is 14.8. The normalized spacial score (nSPS) is 20.8. The van der Waals surface area contributed by atoms with Crippen LogP contribution in [0, 0.1) is 6.92 Å². The first kappa shape index (κ1) is 22.1. The van der Waals surface area contributed by atoms with Crippen LogP contribution >= 0.6 is 0 Å². The lowest BCUT2D eigenvalue weighted by Gasteiger charge is -2.38. The van der Waals surface area contributed by atoms with Crippen LogP contribution in [0.25, 0.3) is 27.9 Å². The van der Waals surface area contributed by atoms with Crippen molar-refractivity contribution in [3.05, 3.63) is 30.2 Å². The van der Waals surface area contributed by atoms with E-state index in [1.54, 1.807) is 10.7 Å². The highest BCUT2D eigenvalue weighted by Gasteiger charge is 2.48. The van der Waals surface area contributed by atoms with Gasteiger partial charge in [0.25, 0.3) is 5.92 Å². The molecular formula is C24H29F2N9. The van der Waals surface area contributed by atoms with E-state index in [0.29, 0.717) is 24.5 Å². The molecule has 1 saturated heterocycles. The third-order valence-corrected chi connectivity index (χ3v) is 7.04. The number of anilines is 2. The number of hydrogen-bond acceptors (Lipinski definition) is 7. The number of pyridine rings is 1. The summed E-state index contributed by atoms with van der Waals surface area (Å²) in [7, 11) is 0. The monoisotopic (exact) mass is 481 g/mol. The van der Waals surface area contributed by atoms with Gasteiger partial charge in [0, 0.05) is 30.4 Å². The van der Waals surface area contributed by atoms with Crippen LogP contribution in [-0.4, -0.2) is 65.1 Å². The molecule has 0 unspecified atom stereocenters. The van der Waals surface area contributed by atoms with Crippen molar-refractivity contribution in [1.29, 1.82) is 0 Å². The van der Waals surface area contributed by atoms with Gasteiger partial charge in [0.2, 0.25) is 5.95 Å². The van der Waals surface area contributed by atoms with Gasteiger partial charge in [-0.05, 0) is 58.2 Å². The van der Waals surface area contributed by atoms with Crippen LogP contribution in [0.2, 0.25) is 0 Å². The van der Waals surface area contributed by atoms with Gasteiger partial charge in [-0.3, -0.25) is 4.90 Å². The molecule has 0 amide bonds. The molecule has 3 N–H and O–H groups in total. The lowest BCUT2D eigenvalue weighted by atomic mass is 10.0. The first-order valence-electron chi connectivity index (χ1n) is 12.1. The Morgan fingerprint density at radius 2 is 1.91 bits per heavy atom. The fraction of sp³-hybridized carbons (Fsp3) is 0.500. The topological polar surface area (TPSA) is 102 Å². The van der Waals surface area contributed by atoms with Crippen molar-refractivity contribution in [2.75, 3.05) is 24.1 Å². The Kier molecular flexibility index (Phi) is 4.96. The number of nitrogens with one attached hydrogen (secondary N) is 1. The van der Waals surface area contributed by atoms with Crippen molar-refractivity contribution in [2.24, 2.45) is 0 Å². The summed E-state index contributed by atoms with van der Waals surface area (Å²) in [4.78, 5) is 15.7. The second-order valence-electron chi connectivity index (χ2n) is 9.95. The van der Waals surface area contributed by atoms with Gasteiger partial charge in [-0.25, -0.2) is 23.3 Å². The molecule has 1 atom stereocenters. The quantitative estimate of drug-likeness (QED) is 0.446. The van der Waals surface area contributed by atoms with E-state index in [0.717, 1.165) is 41.1 Å². The van der Waals surface area contributed by atoms with Gasteiger partial charge >= 0.3 is 0 Å². The van der Waals surface area contributed by atoms with Gasteiger partial charge < -0.3 is 15.6 Å². The summed E-state index contributed by atoms with van der Waals surface area (Å²) in [6, 6.07) is 5.20. The Bertz CT molecular complexity index is 1420. The molecule has 6 rings (SSSR count). The van der Waals surface area contributed by atoms with Crippen LogP contribution in [0.15, 0.2) is 24.4 Å². The molecule has 2 fully saturated rings. The zero-order chi connectivity index (χ0) is 24.5. The van der Waals surface area contributed by atoms with E-state index < -0.39 is 12.0 Å². The smallest absolute Gasteiger partial charge is 0.280 e. The highest BCUT2D eigenvalue weighted by molar-refractivity contribution is 5.88. The molecule has 184 valence electrons. The Balaban J connectivity index is 1.32. The summed E-state index contributed by atoms with van der Waals surface area (Å²) in [5, 5.41) is 7.30. The highest BCUT2D eigenvalue weighted by Crippen LogP contribution is 2.36. The number of alkyl halides is 2. The second kappa shape index (κ2) is 7.84. The number of likely N-dealkylation sites (tertiary alicyclic amines) is 1. The molecule has 1 aliphatic heterocycles. The predicted octanol–water partition coefficient (Wildman–Crippen LogP) is 3.90. The summed E-state index contributed by atoms with van der Waals surface area (Å²) < 4.78 is 33.3. The second-order valence-corrected chi connectivity index (χ2v) is 9.95. The number of halogens is 2.